The Hall–Kier alpha value is -1.83. The van der Waals surface area contributed by atoms with Crippen molar-refractivity contribution in [1.82, 2.24) is 10.2 Å². The molecule has 1 aliphatic heterocycles. The lowest BCUT2D eigenvalue weighted by molar-refractivity contribution is -0.146. The molecular formula is C12H20N2O6. The predicted octanol–water partition coefficient (Wildman–Crippen LogP) is -0.319. The summed E-state index contributed by atoms with van der Waals surface area (Å²) in [5.74, 6) is -2.05. The number of aliphatic carboxylic acids is 1. The van der Waals surface area contributed by atoms with Crippen molar-refractivity contribution in [3.8, 4) is 0 Å². The Balaban J connectivity index is 2.61. The molecule has 0 bridgehead atoms. The van der Waals surface area contributed by atoms with E-state index in [1.165, 1.54) is 19.1 Å². The molecule has 2 atom stereocenters. The number of ether oxygens (including phenoxy) is 2. The molecule has 1 fully saturated rings. The van der Waals surface area contributed by atoms with Crippen molar-refractivity contribution in [3.63, 3.8) is 0 Å². The number of amides is 2. The summed E-state index contributed by atoms with van der Waals surface area (Å²) < 4.78 is 9.62. The van der Waals surface area contributed by atoms with Gasteiger partial charge < -0.3 is 24.8 Å². The predicted molar refractivity (Wildman–Crippen MR) is 68.1 cm³/mol. The second-order valence-corrected chi connectivity index (χ2v) is 4.92. The first kappa shape index (κ1) is 16.2. The molecule has 0 saturated carbocycles. The van der Waals surface area contributed by atoms with Crippen LogP contribution >= 0.6 is 0 Å². The molecule has 1 saturated heterocycles. The van der Waals surface area contributed by atoms with Crippen LogP contribution in [0.5, 0.6) is 0 Å². The van der Waals surface area contributed by atoms with Crippen LogP contribution in [0.1, 0.15) is 13.3 Å². The van der Waals surface area contributed by atoms with Crippen molar-refractivity contribution in [1.29, 1.82) is 0 Å². The third-order valence-corrected chi connectivity index (χ3v) is 3.28. The van der Waals surface area contributed by atoms with Crippen LogP contribution < -0.4 is 5.32 Å². The number of esters is 1. The van der Waals surface area contributed by atoms with E-state index in [4.69, 9.17) is 4.74 Å². The minimum atomic E-state index is -1.39. The van der Waals surface area contributed by atoms with Crippen LogP contribution in [0.3, 0.4) is 0 Å². The molecule has 0 spiro atoms. The fourth-order valence-electron chi connectivity index (χ4n) is 1.96. The molecule has 8 nitrogen and oxygen atoms in total. The average Bonchev–Trinajstić information content (AvgIpc) is 2.87. The van der Waals surface area contributed by atoms with E-state index in [9.17, 15) is 19.5 Å². The number of urea groups is 1. The van der Waals surface area contributed by atoms with Gasteiger partial charge in [0.25, 0.3) is 0 Å². The van der Waals surface area contributed by atoms with Gasteiger partial charge in [0.2, 0.25) is 0 Å². The van der Waals surface area contributed by atoms with Gasteiger partial charge in [-0.1, -0.05) is 6.92 Å². The molecule has 0 aromatic carbocycles. The molecule has 1 aliphatic rings. The molecule has 2 unspecified atom stereocenters. The van der Waals surface area contributed by atoms with Crippen molar-refractivity contribution >= 4 is 18.0 Å². The van der Waals surface area contributed by atoms with Gasteiger partial charge in [-0.2, -0.15) is 0 Å². The molecular weight excluding hydrogens is 268 g/mol. The standard InChI is InChI=1S/C12H20N2O6/c1-8(9(15)19-3)6-14(2)11(18)13-12(10(16)17)4-5-20-7-12/h8H,4-7H2,1-3H3,(H,13,18)(H,16,17). The van der Waals surface area contributed by atoms with E-state index >= 15 is 0 Å². The fourth-order valence-corrected chi connectivity index (χ4v) is 1.96. The minimum absolute atomic E-state index is 0.0610. The molecule has 0 radical (unpaired) electrons. The first-order valence-corrected chi connectivity index (χ1v) is 6.24. The van der Waals surface area contributed by atoms with Crippen LogP contribution in [-0.2, 0) is 19.1 Å². The molecule has 20 heavy (non-hydrogen) atoms. The first-order chi connectivity index (χ1) is 9.32. The van der Waals surface area contributed by atoms with Gasteiger partial charge in [-0.25, -0.2) is 9.59 Å². The van der Waals surface area contributed by atoms with Crippen molar-refractivity contribution in [3.05, 3.63) is 0 Å². The van der Waals surface area contributed by atoms with Crippen LogP contribution in [0.4, 0.5) is 4.79 Å². The number of hydrogen-bond acceptors (Lipinski definition) is 5. The Bertz CT molecular complexity index is 391. The monoisotopic (exact) mass is 288 g/mol. The SMILES string of the molecule is COC(=O)C(C)CN(C)C(=O)NC1(C(=O)O)CCOC1. The smallest absolute Gasteiger partial charge is 0.332 e. The molecule has 1 rings (SSSR count). The molecule has 1 heterocycles. The lowest BCUT2D eigenvalue weighted by Crippen LogP contribution is -2.58. The Morgan fingerprint density at radius 3 is 2.60 bits per heavy atom. The van der Waals surface area contributed by atoms with Gasteiger partial charge in [0.1, 0.15) is 0 Å². The highest BCUT2D eigenvalue weighted by molar-refractivity contribution is 5.87. The largest absolute Gasteiger partial charge is 0.479 e. The first-order valence-electron chi connectivity index (χ1n) is 6.24. The second kappa shape index (κ2) is 6.56. The zero-order valence-corrected chi connectivity index (χ0v) is 11.8. The molecule has 0 aliphatic carbocycles. The summed E-state index contributed by atoms with van der Waals surface area (Å²) in [6.45, 7) is 1.99. The van der Waals surface area contributed by atoms with Gasteiger partial charge in [-0.3, -0.25) is 4.79 Å². The van der Waals surface area contributed by atoms with Crippen LogP contribution in [0.25, 0.3) is 0 Å². The zero-order valence-electron chi connectivity index (χ0n) is 11.8. The van der Waals surface area contributed by atoms with E-state index in [1.807, 2.05) is 0 Å². The Morgan fingerprint density at radius 2 is 2.15 bits per heavy atom. The average molecular weight is 288 g/mol. The quantitative estimate of drug-likeness (QED) is 0.672. The number of hydrogen-bond donors (Lipinski definition) is 2. The van der Waals surface area contributed by atoms with Gasteiger partial charge in [0, 0.05) is 26.6 Å². The highest BCUT2D eigenvalue weighted by atomic mass is 16.5. The number of carboxylic acids is 1. The topological polar surface area (TPSA) is 105 Å². The molecule has 0 aromatic heterocycles. The summed E-state index contributed by atoms with van der Waals surface area (Å²) >= 11 is 0. The van der Waals surface area contributed by atoms with Crippen molar-refractivity contribution in [2.75, 3.05) is 33.9 Å². The maximum atomic E-state index is 12.0. The van der Waals surface area contributed by atoms with Gasteiger partial charge in [0.15, 0.2) is 5.54 Å². The fraction of sp³-hybridized carbons (Fsp3) is 0.750. The number of rotatable bonds is 5. The summed E-state index contributed by atoms with van der Waals surface area (Å²) in [6, 6.07) is -0.561. The lowest BCUT2D eigenvalue weighted by Gasteiger charge is -2.28. The third-order valence-electron chi connectivity index (χ3n) is 3.28. The van der Waals surface area contributed by atoms with E-state index in [0.717, 1.165) is 0 Å². The number of nitrogens with one attached hydrogen (secondary N) is 1. The summed E-state index contributed by atoms with van der Waals surface area (Å²) in [4.78, 5) is 35.8. The van der Waals surface area contributed by atoms with Gasteiger partial charge in [0.05, 0.1) is 19.6 Å². The Morgan fingerprint density at radius 1 is 1.50 bits per heavy atom. The van der Waals surface area contributed by atoms with Crippen LogP contribution in [0.15, 0.2) is 0 Å². The highest BCUT2D eigenvalue weighted by Crippen LogP contribution is 2.19. The highest BCUT2D eigenvalue weighted by Gasteiger charge is 2.44. The van der Waals surface area contributed by atoms with Gasteiger partial charge >= 0.3 is 18.0 Å². The maximum Gasteiger partial charge on any atom is 0.332 e. The van der Waals surface area contributed by atoms with E-state index in [1.54, 1.807) is 6.92 Å². The molecule has 2 N–H and O–H groups in total. The molecule has 2 amide bonds. The van der Waals surface area contributed by atoms with Gasteiger partial charge in [-0.05, 0) is 0 Å². The van der Waals surface area contributed by atoms with Crippen LogP contribution in [0, 0.1) is 5.92 Å². The lowest BCUT2D eigenvalue weighted by atomic mass is 9.99. The summed E-state index contributed by atoms with van der Waals surface area (Å²) in [6.07, 6.45) is 0.217. The van der Waals surface area contributed by atoms with Crippen molar-refractivity contribution in [2.24, 2.45) is 5.92 Å². The van der Waals surface area contributed by atoms with Crippen LogP contribution in [0.2, 0.25) is 0 Å². The maximum absolute atomic E-state index is 12.0. The zero-order chi connectivity index (χ0) is 15.3. The number of carboxylic acid groups (broad SMARTS) is 1. The van der Waals surface area contributed by atoms with E-state index in [2.05, 4.69) is 10.1 Å². The third kappa shape index (κ3) is 3.60. The van der Waals surface area contributed by atoms with Gasteiger partial charge in [-0.15, -0.1) is 0 Å². The van der Waals surface area contributed by atoms with E-state index in [0.29, 0.717) is 0 Å². The number of carbonyl (C=O) groups is 3. The summed E-state index contributed by atoms with van der Waals surface area (Å²) in [5.41, 5.74) is -1.39. The number of nitrogens with zero attached hydrogens (tertiary/aromatic N) is 1. The second-order valence-electron chi connectivity index (χ2n) is 4.92. The van der Waals surface area contributed by atoms with Crippen molar-refractivity contribution in [2.45, 2.75) is 18.9 Å². The molecule has 0 aromatic rings. The Kier molecular flexibility index (Phi) is 5.32. The van der Waals surface area contributed by atoms with Crippen LogP contribution in [-0.4, -0.2) is 67.4 Å². The number of carbonyl (C=O) groups excluding carboxylic acids is 2. The van der Waals surface area contributed by atoms with Crippen molar-refractivity contribution < 1.29 is 29.0 Å². The number of methoxy groups -OCH3 is 1. The van der Waals surface area contributed by atoms with E-state index in [-0.39, 0.29) is 26.2 Å². The van der Waals surface area contributed by atoms with E-state index < -0.39 is 29.4 Å². The molecule has 8 heteroatoms. The molecule has 114 valence electrons. The minimum Gasteiger partial charge on any atom is -0.479 e. The summed E-state index contributed by atoms with van der Waals surface area (Å²) in [5, 5.41) is 11.7. The normalized spacial score (nSPS) is 22.9. The Labute approximate surface area is 117 Å². The summed E-state index contributed by atoms with van der Waals surface area (Å²) in [7, 11) is 2.76.